The molecule has 0 aromatic heterocycles. The van der Waals surface area contributed by atoms with Crippen LogP contribution in [0.5, 0.6) is 0 Å². The van der Waals surface area contributed by atoms with Crippen molar-refractivity contribution in [2.75, 3.05) is 5.32 Å². The Morgan fingerprint density at radius 2 is 2.00 bits per heavy atom. The quantitative estimate of drug-likeness (QED) is 0.689. The summed E-state index contributed by atoms with van der Waals surface area (Å²) in [5.74, 6) is -1.35. The molecule has 0 saturated carbocycles. The molecule has 21 heavy (non-hydrogen) atoms. The Hall–Kier alpha value is -2.47. The van der Waals surface area contributed by atoms with Crippen LogP contribution in [0.4, 0.5) is 15.8 Å². The normalized spacial score (nSPS) is 10.2. The van der Waals surface area contributed by atoms with E-state index in [-0.39, 0.29) is 22.0 Å². The molecule has 1 amide bonds. The van der Waals surface area contributed by atoms with E-state index < -0.39 is 16.6 Å². The number of nitro groups is 1. The molecule has 2 rings (SSSR count). The molecule has 0 atom stereocenters. The Morgan fingerprint density at radius 1 is 1.29 bits per heavy atom. The molecule has 2 aromatic carbocycles. The van der Waals surface area contributed by atoms with Crippen molar-refractivity contribution in [1.29, 1.82) is 0 Å². The summed E-state index contributed by atoms with van der Waals surface area (Å²) in [4.78, 5) is 22.1. The van der Waals surface area contributed by atoms with Gasteiger partial charge in [0.15, 0.2) is 0 Å². The summed E-state index contributed by atoms with van der Waals surface area (Å²) >= 11 is 5.67. The lowest BCUT2D eigenvalue weighted by molar-refractivity contribution is -0.384. The van der Waals surface area contributed by atoms with Crippen LogP contribution in [0.2, 0.25) is 5.02 Å². The van der Waals surface area contributed by atoms with Crippen LogP contribution < -0.4 is 5.32 Å². The van der Waals surface area contributed by atoms with Crippen molar-refractivity contribution in [3.8, 4) is 0 Å². The summed E-state index contributed by atoms with van der Waals surface area (Å²) in [7, 11) is 0. The maximum atomic E-state index is 13.7. The average Bonchev–Trinajstić information content (AvgIpc) is 2.40. The van der Waals surface area contributed by atoms with E-state index in [0.29, 0.717) is 5.56 Å². The van der Waals surface area contributed by atoms with Gasteiger partial charge in [0.05, 0.1) is 10.5 Å². The number of carbonyl (C=O) groups is 1. The number of nitrogens with one attached hydrogen (secondary N) is 1. The molecule has 0 unspecified atom stereocenters. The number of halogens is 2. The first-order valence-electron chi connectivity index (χ1n) is 5.90. The lowest BCUT2D eigenvalue weighted by Gasteiger charge is -2.07. The number of amides is 1. The Balaban J connectivity index is 2.27. The second-order valence-corrected chi connectivity index (χ2v) is 4.77. The van der Waals surface area contributed by atoms with E-state index in [4.69, 9.17) is 11.6 Å². The van der Waals surface area contributed by atoms with Crippen molar-refractivity contribution in [3.05, 3.63) is 68.5 Å². The van der Waals surface area contributed by atoms with Gasteiger partial charge in [-0.05, 0) is 36.8 Å². The molecule has 1 N–H and O–H groups in total. The highest BCUT2D eigenvalue weighted by molar-refractivity contribution is 6.32. The SMILES string of the molecule is Cc1ccc(C(=O)Nc2ccc(Cl)c([N+](=O)[O-])c2)c(F)c1. The zero-order valence-corrected chi connectivity index (χ0v) is 11.6. The van der Waals surface area contributed by atoms with E-state index >= 15 is 0 Å². The molecular weight excluding hydrogens is 299 g/mol. The first-order valence-corrected chi connectivity index (χ1v) is 6.27. The average molecular weight is 309 g/mol. The third kappa shape index (κ3) is 3.35. The Morgan fingerprint density at radius 3 is 2.62 bits per heavy atom. The zero-order valence-electron chi connectivity index (χ0n) is 10.9. The van der Waals surface area contributed by atoms with Crippen LogP contribution in [0.25, 0.3) is 0 Å². The predicted molar refractivity (Wildman–Crippen MR) is 77.2 cm³/mol. The molecule has 108 valence electrons. The smallest absolute Gasteiger partial charge is 0.289 e. The van der Waals surface area contributed by atoms with Gasteiger partial charge in [-0.15, -0.1) is 0 Å². The third-order valence-corrected chi connectivity index (χ3v) is 3.09. The van der Waals surface area contributed by atoms with Gasteiger partial charge in [0, 0.05) is 11.8 Å². The first-order chi connectivity index (χ1) is 9.88. The fourth-order valence-corrected chi connectivity index (χ4v) is 1.92. The molecule has 0 saturated heterocycles. The maximum Gasteiger partial charge on any atom is 0.289 e. The number of rotatable bonds is 3. The van der Waals surface area contributed by atoms with Crippen molar-refractivity contribution < 1.29 is 14.1 Å². The molecule has 0 spiro atoms. The number of nitro benzene ring substituents is 1. The second kappa shape index (κ2) is 5.88. The fraction of sp³-hybridized carbons (Fsp3) is 0.0714. The summed E-state index contributed by atoms with van der Waals surface area (Å²) in [5, 5.41) is 13.1. The lowest BCUT2D eigenvalue weighted by Crippen LogP contribution is -2.14. The van der Waals surface area contributed by atoms with E-state index in [9.17, 15) is 19.3 Å². The molecule has 5 nitrogen and oxygen atoms in total. The highest BCUT2D eigenvalue weighted by Gasteiger charge is 2.16. The monoisotopic (exact) mass is 308 g/mol. The van der Waals surface area contributed by atoms with Gasteiger partial charge < -0.3 is 5.32 Å². The number of hydrogen-bond acceptors (Lipinski definition) is 3. The van der Waals surface area contributed by atoms with Crippen LogP contribution in [0.1, 0.15) is 15.9 Å². The molecular formula is C14H10ClFN2O3. The Bertz CT molecular complexity index is 734. The molecule has 0 aliphatic heterocycles. The van der Waals surface area contributed by atoms with E-state index in [0.717, 1.165) is 6.07 Å². The minimum Gasteiger partial charge on any atom is -0.322 e. The lowest BCUT2D eigenvalue weighted by atomic mass is 10.1. The third-order valence-electron chi connectivity index (χ3n) is 2.77. The largest absolute Gasteiger partial charge is 0.322 e. The topological polar surface area (TPSA) is 72.2 Å². The first kappa shape index (κ1) is 14.9. The van der Waals surface area contributed by atoms with Gasteiger partial charge in [0.1, 0.15) is 10.8 Å². The van der Waals surface area contributed by atoms with Crippen LogP contribution >= 0.6 is 11.6 Å². The van der Waals surface area contributed by atoms with Crippen LogP contribution in [0.3, 0.4) is 0 Å². The van der Waals surface area contributed by atoms with Crippen molar-refractivity contribution in [3.63, 3.8) is 0 Å². The van der Waals surface area contributed by atoms with E-state index in [1.807, 2.05) is 0 Å². The highest BCUT2D eigenvalue weighted by atomic mass is 35.5. The molecule has 0 heterocycles. The van der Waals surface area contributed by atoms with E-state index in [1.54, 1.807) is 13.0 Å². The predicted octanol–water partition coefficient (Wildman–Crippen LogP) is 3.95. The minimum atomic E-state index is -0.691. The summed E-state index contributed by atoms with van der Waals surface area (Å²) in [6.45, 7) is 1.70. The van der Waals surface area contributed by atoms with Gasteiger partial charge in [0.25, 0.3) is 11.6 Å². The van der Waals surface area contributed by atoms with Crippen LogP contribution in [0.15, 0.2) is 36.4 Å². The molecule has 0 aliphatic carbocycles. The summed E-state index contributed by atoms with van der Waals surface area (Å²) < 4.78 is 13.7. The second-order valence-electron chi connectivity index (χ2n) is 4.36. The molecule has 0 radical (unpaired) electrons. The number of hydrogen-bond donors (Lipinski definition) is 1. The van der Waals surface area contributed by atoms with Gasteiger partial charge in [-0.2, -0.15) is 0 Å². The van der Waals surface area contributed by atoms with Gasteiger partial charge in [-0.3, -0.25) is 14.9 Å². The molecule has 2 aromatic rings. The van der Waals surface area contributed by atoms with Gasteiger partial charge in [-0.25, -0.2) is 4.39 Å². The van der Waals surface area contributed by atoms with Crippen LogP contribution in [0, 0.1) is 22.9 Å². The van der Waals surface area contributed by atoms with E-state index in [1.165, 1.54) is 24.3 Å². The summed E-state index contributed by atoms with van der Waals surface area (Å²) in [6, 6.07) is 8.00. The minimum absolute atomic E-state index is 0.0421. The van der Waals surface area contributed by atoms with Gasteiger partial charge in [0.2, 0.25) is 0 Å². The standard InChI is InChI=1S/C14H10ClFN2O3/c1-8-2-4-10(12(16)6-8)14(19)17-9-3-5-11(15)13(7-9)18(20)21/h2-7H,1H3,(H,17,19). The maximum absolute atomic E-state index is 13.7. The van der Waals surface area contributed by atoms with Crippen molar-refractivity contribution in [2.45, 2.75) is 6.92 Å². The fourth-order valence-electron chi connectivity index (χ4n) is 1.73. The number of benzene rings is 2. The summed E-state index contributed by atoms with van der Waals surface area (Å²) in [6.07, 6.45) is 0. The molecule has 7 heteroatoms. The Labute approximate surface area is 124 Å². The number of carbonyl (C=O) groups excluding carboxylic acids is 1. The number of nitrogens with zero attached hydrogens (tertiary/aromatic N) is 1. The zero-order chi connectivity index (χ0) is 15.6. The van der Waals surface area contributed by atoms with Crippen molar-refractivity contribution in [2.24, 2.45) is 0 Å². The number of aryl methyl sites for hydroxylation is 1. The van der Waals surface area contributed by atoms with Gasteiger partial charge >= 0.3 is 0 Å². The number of anilines is 1. The molecule has 0 aliphatic rings. The van der Waals surface area contributed by atoms with Crippen LogP contribution in [-0.2, 0) is 0 Å². The highest BCUT2D eigenvalue weighted by Crippen LogP contribution is 2.27. The van der Waals surface area contributed by atoms with Crippen molar-refractivity contribution >= 4 is 28.9 Å². The van der Waals surface area contributed by atoms with Gasteiger partial charge in [-0.1, -0.05) is 17.7 Å². The van der Waals surface area contributed by atoms with Crippen LogP contribution in [-0.4, -0.2) is 10.8 Å². The van der Waals surface area contributed by atoms with E-state index in [2.05, 4.69) is 5.32 Å². The molecule has 0 fully saturated rings. The molecule has 0 bridgehead atoms. The summed E-state index contributed by atoms with van der Waals surface area (Å²) in [5.41, 5.74) is 0.374. The van der Waals surface area contributed by atoms with Crippen molar-refractivity contribution in [1.82, 2.24) is 0 Å². The Kier molecular flexibility index (Phi) is 4.18.